The van der Waals surface area contributed by atoms with Crippen molar-refractivity contribution in [1.82, 2.24) is 16.0 Å². The first-order chi connectivity index (χ1) is 26.2. The second kappa shape index (κ2) is 46.2. The van der Waals surface area contributed by atoms with Crippen molar-refractivity contribution in [2.75, 3.05) is 57.9 Å². The summed E-state index contributed by atoms with van der Waals surface area (Å²) in [6.07, 6.45) is 0. The fraction of sp³-hybridized carbons (Fsp3) is 0.325. The smallest absolute Gasteiger partial charge is 1.00 e. The summed E-state index contributed by atoms with van der Waals surface area (Å²) in [4.78, 5) is 31.5. The summed E-state index contributed by atoms with van der Waals surface area (Å²) in [5.41, 5.74) is 9.80. The fourth-order valence-electron chi connectivity index (χ4n) is 4.84. The number of carbonyl (C=O) groups excluding carboxylic acids is 3. The Hall–Kier alpha value is -0.350. The quantitative estimate of drug-likeness (QED) is 0.0662. The number of halogens is 3. The Morgan fingerprint density at radius 3 is 1.54 bits per heavy atom. The van der Waals surface area contributed by atoms with E-state index in [1.807, 2.05) is 97.1 Å². The van der Waals surface area contributed by atoms with Crippen LogP contribution in [0.5, 0.6) is 0 Å². The van der Waals surface area contributed by atoms with Crippen LogP contribution in [0.3, 0.4) is 0 Å². The number of carbonyl (C=O) groups is 3. The van der Waals surface area contributed by atoms with Gasteiger partial charge in [-0.25, -0.2) is 0 Å². The van der Waals surface area contributed by atoms with Gasteiger partial charge >= 0.3 is 48.4 Å². The topological polar surface area (TPSA) is 172 Å². The molecule has 61 heavy (non-hydrogen) atoms. The van der Waals surface area contributed by atoms with Crippen LogP contribution in [-0.2, 0) is 23.9 Å². The molecule has 0 spiro atoms. The molecule has 4 atom stereocenters. The summed E-state index contributed by atoms with van der Waals surface area (Å²) >= 11 is 14.9. The summed E-state index contributed by atoms with van der Waals surface area (Å²) in [5, 5.41) is 26.1. The number of aliphatic hydroxyl groups excluding tert-OH is 2. The third-order valence-corrected chi connectivity index (χ3v) is 8.30. The van der Waals surface area contributed by atoms with Crippen LogP contribution in [0, 0.1) is 0 Å². The van der Waals surface area contributed by atoms with Crippen molar-refractivity contribution in [3.8, 4) is 0 Å². The monoisotopic (exact) mass is 1000 g/mol. The van der Waals surface area contributed by atoms with Crippen LogP contribution in [0.4, 0.5) is 0 Å². The van der Waals surface area contributed by atoms with Gasteiger partial charge in [0.2, 0.25) is 17.1 Å². The van der Waals surface area contributed by atoms with Crippen molar-refractivity contribution < 1.29 is 85.3 Å². The first-order valence-electron chi connectivity index (χ1n) is 17.2. The Labute approximate surface area is 451 Å². The largest absolute Gasteiger partial charge is 1.00 e. The Bertz CT molecular complexity index is 1630. The van der Waals surface area contributed by atoms with Gasteiger partial charge in [0.1, 0.15) is 12.5 Å². The minimum absolute atomic E-state index is 0. The number of aliphatic hydroxyl groups is 2. The average Bonchev–Trinajstić information content (AvgIpc) is 3.25. The standard InChI is InChI=1S/C10H12ClNO2.C10H11NO2.C10H13NO.C8H11NO.C2H2Cl2O.Al.Li.Na.4H2S.5H/c11-6-10(14)12-9(7-13)8-4-2-1-3-5-8;12-10-7-13-6-9(11-10)8-4-2-1-3-5-8;1-2-4-9(5-3-1)10-8-12-7-6-11-10;9-8(6-10)7-4-2-1-3-5-7;3-1-2(4)5;;;;;;;;;;;;/h1-5,9,13H,6-7H2,(H,12,14);1-5,9H,6-7H2,(H,11,12);1-5,10-11H,6-8H2;1-5,8,10H,6,9H2;1H2;;;;4*1H2;;;;;/q;;;;;;2*+1;;;;;;;;2*-1/t2*9-;10-;8-;;;;;;;;;;;;;/m1111............./s1. The summed E-state index contributed by atoms with van der Waals surface area (Å²) < 4.78 is 10.5. The maximum Gasteiger partial charge on any atom is 1.00 e. The van der Waals surface area contributed by atoms with Gasteiger partial charge in [-0.2, -0.15) is 54.0 Å². The number of hydrogen-bond donors (Lipinski definition) is 6. The van der Waals surface area contributed by atoms with E-state index in [0.717, 1.165) is 36.4 Å². The van der Waals surface area contributed by atoms with Crippen LogP contribution in [-0.4, -0.2) is 103 Å². The molecular formula is C40H62AlCl3LiN4NaO7S4. The SMILES string of the molecule is N[C@H](CO)c1ccccc1.O=C(CCl)N[C@H](CO)c1ccccc1.O=C(Cl)CCl.O=C1COC[C@H](c2ccccc2)N1.S.S.S.S.[AlH3].[H-].[H-].[Li+].[Na+].c1ccc([C@H]2COCCN2)cc1. The van der Waals surface area contributed by atoms with E-state index in [-0.39, 0.29) is 184 Å². The van der Waals surface area contributed by atoms with Gasteiger partial charge in [-0.1, -0.05) is 121 Å². The van der Waals surface area contributed by atoms with Gasteiger partial charge in [0.25, 0.3) is 0 Å². The predicted octanol–water partition coefficient (Wildman–Crippen LogP) is -1.53. The number of morpholine rings is 2. The third kappa shape index (κ3) is 32.9. The number of hydrogen-bond acceptors (Lipinski definition) is 9. The van der Waals surface area contributed by atoms with Crippen LogP contribution in [0.15, 0.2) is 121 Å². The van der Waals surface area contributed by atoms with E-state index in [0.29, 0.717) is 12.6 Å². The second-order valence-electron chi connectivity index (χ2n) is 11.6. The summed E-state index contributed by atoms with van der Waals surface area (Å²) in [5.74, 6) is -0.514. The van der Waals surface area contributed by atoms with E-state index in [1.165, 1.54) is 5.56 Å². The fourth-order valence-corrected chi connectivity index (χ4v) is 4.91. The van der Waals surface area contributed by atoms with Crippen molar-refractivity contribution in [3.63, 3.8) is 0 Å². The molecule has 0 saturated carbocycles. The van der Waals surface area contributed by atoms with E-state index in [1.54, 1.807) is 0 Å². The zero-order chi connectivity index (χ0) is 39.4. The maximum absolute atomic E-state index is 11.0. The van der Waals surface area contributed by atoms with Gasteiger partial charge in [0, 0.05) is 6.54 Å². The van der Waals surface area contributed by atoms with Crippen LogP contribution < -0.4 is 70.1 Å². The maximum atomic E-state index is 11.0. The molecule has 0 aliphatic carbocycles. The Balaban J connectivity index is -0.0000000988. The number of nitrogens with one attached hydrogen (secondary N) is 3. The van der Waals surface area contributed by atoms with Crippen LogP contribution >= 0.6 is 88.8 Å². The van der Waals surface area contributed by atoms with Crippen molar-refractivity contribution >= 4 is 123 Å². The molecular weight excluding hydrogens is 940 g/mol. The second-order valence-corrected chi connectivity index (χ2v) is 12.5. The molecule has 0 radical (unpaired) electrons. The van der Waals surface area contributed by atoms with E-state index in [9.17, 15) is 14.4 Å². The normalized spacial score (nSPS) is 15.0. The molecule has 4 aromatic rings. The van der Waals surface area contributed by atoms with Crippen LogP contribution in [0.1, 0.15) is 49.3 Å². The molecule has 2 aliphatic heterocycles. The molecule has 11 nitrogen and oxygen atoms in total. The van der Waals surface area contributed by atoms with Gasteiger partial charge < -0.3 is 44.2 Å². The van der Waals surface area contributed by atoms with Gasteiger partial charge in [-0.05, 0) is 33.9 Å². The Kier molecular flexibility index (Phi) is 54.7. The molecule has 2 amide bonds. The number of alkyl halides is 2. The summed E-state index contributed by atoms with van der Waals surface area (Å²) in [6.45, 7) is 3.21. The first kappa shape index (κ1) is 72.3. The number of rotatable bonds is 9. The van der Waals surface area contributed by atoms with Crippen LogP contribution in [0.2, 0.25) is 0 Å². The van der Waals surface area contributed by atoms with E-state index in [2.05, 4.69) is 40.2 Å². The van der Waals surface area contributed by atoms with Crippen LogP contribution in [0.25, 0.3) is 0 Å². The Morgan fingerprint density at radius 1 is 0.738 bits per heavy atom. The molecule has 7 N–H and O–H groups in total. The van der Waals surface area contributed by atoms with Gasteiger partial charge in [0.15, 0.2) is 17.4 Å². The summed E-state index contributed by atoms with van der Waals surface area (Å²) in [7, 11) is 0. The molecule has 2 saturated heterocycles. The molecule has 0 unspecified atom stereocenters. The molecule has 0 bridgehead atoms. The molecule has 2 heterocycles. The van der Waals surface area contributed by atoms with Crippen molar-refractivity contribution in [1.29, 1.82) is 0 Å². The van der Waals surface area contributed by atoms with Gasteiger partial charge in [0.05, 0.1) is 63.1 Å². The third-order valence-electron chi connectivity index (χ3n) is 7.55. The minimum Gasteiger partial charge on any atom is -1.00 e. The van der Waals surface area contributed by atoms with E-state index < -0.39 is 5.24 Å². The average molecular weight is 1000 g/mol. The number of amides is 2. The predicted molar refractivity (Wildman–Crippen MR) is 267 cm³/mol. The van der Waals surface area contributed by atoms with E-state index in [4.69, 9.17) is 60.2 Å². The van der Waals surface area contributed by atoms with Crippen molar-refractivity contribution in [2.45, 2.75) is 24.2 Å². The van der Waals surface area contributed by atoms with Crippen molar-refractivity contribution in [2.24, 2.45) is 5.73 Å². The van der Waals surface area contributed by atoms with Crippen molar-refractivity contribution in [3.05, 3.63) is 144 Å². The molecule has 4 aromatic carbocycles. The Morgan fingerprint density at radius 2 is 1.16 bits per heavy atom. The molecule has 0 aromatic heterocycles. The van der Waals surface area contributed by atoms with E-state index >= 15 is 0 Å². The molecule has 21 heteroatoms. The molecule has 334 valence electrons. The molecule has 2 aliphatic rings. The number of nitrogens with two attached hydrogens (primary N) is 1. The zero-order valence-electron chi connectivity index (χ0n) is 35.9. The summed E-state index contributed by atoms with van der Waals surface area (Å²) in [6, 6.07) is 38.9. The zero-order valence-corrected chi connectivity index (χ0v) is 42.1. The number of benzene rings is 4. The molecule has 2 fully saturated rings. The number of ether oxygens (including phenoxy) is 2. The van der Waals surface area contributed by atoms with Gasteiger partial charge in [-0.15, -0.1) is 23.2 Å². The van der Waals surface area contributed by atoms with Gasteiger partial charge in [-0.3, -0.25) is 14.4 Å². The first-order valence-corrected chi connectivity index (χ1v) is 18.6. The molecule has 6 rings (SSSR count). The minimum atomic E-state index is -0.508.